The lowest BCUT2D eigenvalue weighted by Gasteiger charge is -2.41. The summed E-state index contributed by atoms with van der Waals surface area (Å²) in [6, 6.07) is 4.59. The fourth-order valence-corrected chi connectivity index (χ4v) is 3.33. The Kier molecular flexibility index (Phi) is 5.86. The number of nitrogens with two attached hydrogens (primary N) is 1. The summed E-state index contributed by atoms with van der Waals surface area (Å²) in [7, 11) is 0. The van der Waals surface area contributed by atoms with E-state index in [4.69, 9.17) is 15.2 Å². The van der Waals surface area contributed by atoms with Crippen LogP contribution in [-0.2, 0) is 14.3 Å². The van der Waals surface area contributed by atoms with Crippen molar-refractivity contribution in [3.8, 4) is 0 Å². The molecule has 1 aliphatic heterocycles. The van der Waals surface area contributed by atoms with Gasteiger partial charge in [0.1, 0.15) is 23.1 Å². The maximum absolute atomic E-state index is 12.5. The van der Waals surface area contributed by atoms with Crippen LogP contribution < -0.4 is 10.6 Å². The Balaban J connectivity index is 1.87. The maximum Gasteiger partial charge on any atom is 0.411 e. The number of primary amides is 1. The van der Waals surface area contributed by atoms with Crippen LogP contribution in [0.3, 0.4) is 0 Å². The summed E-state index contributed by atoms with van der Waals surface area (Å²) < 4.78 is 12.2. The van der Waals surface area contributed by atoms with Gasteiger partial charge in [0.2, 0.25) is 5.91 Å². The molecule has 2 N–H and O–H groups in total. The highest BCUT2D eigenvalue weighted by Gasteiger charge is 2.37. The molecule has 0 radical (unpaired) electrons. The molecule has 3 rings (SSSR count). The SMILES string of the molecule is CCOC(=O)c1cn2c(N3CCN(C(=O)OC(C)(C)C)C(C(N)=O)C3)cccc2n1. The molecular formula is C20H27N5O5. The number of anilines is 1. The van der Waals surface area contributed by atoms with Crippen molar-refractivity contribution < 1.29 is 23.9 Å². The first-order valence-corrected chi connectivity index (χ1v) is 9.80. The number of carbonyl (C=O) groups is 3. The summed E-state index contributed by atoms with van der Waals surface area (Å²) in [5, 5.41) is 0. The third-order valence-electron chi connectivity index (χ3n) is 4.62. The monoisotopic (exact) mass is 417 g/mol. The Morgan fingerprint density at radius 3 is 2.60 bits per heavy atom. The highest BCUT2D eigenvalue weighted by atomic mass is 16.6. The zero-order valence-electron chi connectivity index (χ0n) is 17.6. The van der Waals surface area contributed by atoms with Crippen molar-refractivity contribution in [1.29, 1.82) is 0 Å². The first-order chi connectivity index (χ1) is 14.1. The molecule has 0 saturated carbocycles. The fraction of sp³-hybridized carbons (Fsp3) is 0.500. The summed E-state index contributed by atoms with van der Waals surface area (Å²) in [6.45, 7) is 8.19. The number of hydrogen-bond acceptors (Lipinski definition) is 7. The van der Waals surface area contributed by atoms with Gasteiger partial charge < -0.3 is 20.1 Å². The molecule has 1 atom stereocenters. The zero-order chi connectivity index (χ0) is 22.1. The summed E-state index contributed by atoms with van der Waals surface area (Å²) in [6.07, 6.45) is 1.03. The van der Waals surface area contributed by atoms with Crippen LogP contribution in [0.15, 0.2) is 24.4 Å². The molecule has 0 aliphatic carbocycles. The van der Waals surface area contributed by atoms with Crippen LogP contribution in [0, 0.1) is 0 Å². The van der Waals surface area contributed by atoms with Gasteiger partial charge in [-0.15, -0.1) is 0 Å². The van der Waals surface area contributed by atoms with E-state index in [9.17, 15) is 14.4 Å². The number of imidazole rings is 1. The minimum atomic E-state index is -0.850. The van der Waals surface area contributed by atoms with E-state index in [2.05, 4.69) is 4.98 Å². The van der Waals surface area contributed by atoms with Gasteiger partial charge in [-0.3, -0.25) is 14.1 Å². The van der Waals surface area contributed by atoms with E-state index in [1.165, 1.54) is 4.90 Å². The molecule has 3 heterocycles. The summed E-state index contributed by atoms with van der Waals surface area (Å²) in [4.78, 5) is 44.3. The minimum absolute atomic E-state index is 0.195. The minimum Gasteiger partial charge on any atom is -0.461 e. The molecule has 30 heavy (non-hydrogen) atoms. The molecule has 1 saturated heterocycles. The zero-order valence-corrected chi connectivity index (χ0v) is 17.6. The molecule has 10 nitrogen and oxygen atoms in total. The van der Waals surface area contributed by atoms with Crippen LogP contribution >= 0.6 is 0 Å². The number of pyridine rings is 1. The molecule has 2 aromatic heterocycles. The van der Waals surface area contributed by atoms with Gasteiger partial charge in [0.15, 0.2) is 5.69 Å². The lowest BCUT2D eigenvalue weighted by molar-refractivity contribution is -0.123. The highest BCUT2D eigenvalue weighted by Crippen LogP contribution is 2.23. The number of nitrogens with zero attached hydrogens (tertiary/aromatic N) is 4. The molecular weight excluding hydrogens is 390 g/mol. The number of carbonyl (C=O) groups excluding carboxylic acids is 3. The van der Waals surface area contributed by atoms with Crippen molar-refractivity contribution in [2.24, 2.45) is 5.73 Å². The van der Waals surface area contributed by atoms with Crippen LogP contribution in [0.1, 0.15) is 38.2 Å². The number of rotatable bonds is 4. The Bertz CT molecular complexity index is 964. The lowest BCUT2D eigenvalue weighted by atomic mass is 10.1. The molecule has 162 valence electrons. The van der Waals surface area contributed by atoms with Crippen LogP contribution in [-0.4, -0.2) is 70.1 Å². The Morgan fingerprint density at radius 1 is 1.23 bits per heavy atom. The van der Waals surface area contributed by atoms with Gasteiger partial charge in [-0.1, -0.05) is 6.07 Å². The Morgan fingerprint density at radius 2 is 1.97 bits per heavy atom. The van der Waals surface area contributed by atoms with Gasteiger partial charge in [0.25, 0.3) is 0 Å². The average molecular weight is 417 g/mol. The molecule has 1 aliphatic rings. The van der Waals surface area contributed by atoms with E-state index in [1.807, 2.05) is 17.0 Å². The first kappa shape index (κ1) is 21.4. The number of esters is 1. The van der Waals surface area contributed by atoms with E-state index >= 15 is 0 Å². The van der Waals surface area contributed by atoms with Crippen molar-refractivity contribution in [3.63, 3.8) is 0 Å². The van der Waals surface area contributed by atoms with E-state index in [-0.39, 0.29) is 25.4 Å². The van der Waals surface area contributed by atoms with Gasteiger partial charge in [0, 0.05) is 25.8 Å². The largest absolute Gasteiger partial charge is 0.461 e. The molecule has 2 aromatic rings. The topological polar surface area (TPSA) is 119 Å². The number of ether oxygens (including phenoxy) is 2. The summed E-state index contributed by atoms with van der Waals surface area (Å²) in [5.74, 6) is -0.391. The first-order valence-electron chi connectivity index (χ1n) is 9.80. The molecule has 0 spiro atoms. The third kappa shape index (κ3) is 4.47. The van der Waals surface area contributed by atoms with Crippen molar-refractivity contribution in [1.82, 2.24) is 14.3 Å². The standard InChI is InChI=1S/C20H27N5O5/c1-5-29-18(27)13-11-25-15(22-13)7-6-8-16(25)23-9-10-24(14(12-23)17(21)26)19(28)30-20(2,3)4/h6-8,11,14H,5,9-10,12H2,1-4H3,(H2,21,26). The second-order valence-corrected chi connectivity index (χ2v) is 8.00. The number of aromatic nitrogens is 2. The molecule has 1 unspecified atom stereocenters. The van der Waals surface area contributed by atoms with Crippen molar-refractivity contribution >= 4 is 29.4 Å². The number of amides is 2. The Labute approximate surface area is 174 Å². The highest BCUT2D eigenvalue weighted by molar-refractivity contribution is 5.88. The smallest absolute Gasteiger partial charge is 0.411 e. The normalized spacial score (nSPS) is 17.1. The number of fused-ring (bicyclic) bond motifs is 1. The number of hydrogen-bond donors (Lipinski definition) is 1. The van der Waals surface area contributed by atoms with Crippen LogP contribution in [0.2, 0.25) is 0 Å². The van der Waals surface area contributed by atoms with Gasteiger partial charge in [0.05, 0.1) is 6.61 Å². The molecule has 0 bridgehead atoms. The second-order valence-electron chi connectivity index (χ2n) is 8.00. The molecule has 2 amide bonds. The van der Waals surface area contributed by atoms with Crippen LogP contribution in [0.5, 0.6) is 0 Å². The van der Waals surface area contributed by atoms with Crippen LogP contribution in [0.25, 0.3) is 5.65 Å². The molecule has 0 aromatic carbocycles. The van der Waals surface area contributed by atoms with Crippen molar-refractivity contribution in [2.75, 3.05) is 31.1 Å². The molecule has 10 heteroatoms. The van der Waals surface area contributed by atoms with Crippen molar-refractivity contribution in [2.45, 2.75) is 39.3 Å². The lowest BCUT2D eigenvalue weighted by Crippen LogP contribution is -2.60. The molecule has 1 fully saturated rings. The quantitative estimate of drug-likeness (QED) is 0.747. The van der Waals surface area contributed by atoms with Gasteiger partial charge in [-0.2, -0.15) is 0 Å². The Hall–Kier alpha value is -3.30. The summed E-state index contributed by atoms with van der Waals surface area (Å²) >= 11 is 0. The van der Waals surface area contributed by atoms with E-state index in [1.54, 1.807) is 44.4 Å². The van der Waals surface area contributed by atoms with E-state index < -0.39 is 29.6 Å². The van der Waals surface area contributed by atoms with Gasteiger partial charge >= 0.3 is 12.1 Å². The van der Waals surface area contributed by atoms with E-state index in [0.717, 1.165) is 5.82 Å². The van der Waals surface area contributed by atoms with E-state index in [0.29, 0.717) is 12.2 Å². The number of piperazine rings is 1. The third-order valence-corrected chi connectivity index (χ3v) is 4.62. The maximum atomic E-state index is 12.5. The van der Waals surface area contributed by atoms with Crippen LogP contribution in [0.4, 0.5) is 10.6 Å². The van der Waals surface area contributed by atoms with Gasteiger partial charge in [-0.05, 0) is 39.8 Å². The predicted molar refractivity (Wildman–Crippen MR) is 109 cm³/mol. The predicted octanol–water partition coefficient (Wildman–Crippen LogP) is 1.42. The summed E-state index contributed by atoms with van der Waals surface area (Å²) in [5.41, 5.74) is 5.68. The second kappa shape index (κ2) is 8.21. The fourth-order valence-electron chi connectivity index (χ4n) is 3.33. The van der Waals surface area contributed by atoms with Crippen molar-refractivity contribution in [3.05, 3.63) is 30.1 Å². The average Bonchev–Trinajstić information content (AvgIpc) is 3.10. The van der Waals surface area contributed by atoms with Gasteiger partial charge in [-0.25, -0.2) is 14.6 Å².